The zero-order valence-corrected chi connectivity index (χ0v) is 11.6. The molecule has 104 valence electrons. The highest BCUT2D eigenvalue weighted by Crippen LogP contribution is 2.21. The lowest BCUT2D eigenvalue weighted by Crippen LogP contribution is -2.46. The fraction of sp³-hybridized carbons (Fsp3) is 0.615. The molecule has 2 amide bonds. The van der Waals surface area contributed by atoms with E-state index in [0.29, 0.717) is 18.8 Å². The van der Waals surface area contributed by atoms with E-state index in [0.717, 1.165) is 12.1 Å². The molecule has 1 aliphatic rings. The number of rotatable bonds is 4. The van der Waals surface area contributed by atoms with Crippen molar-refractivity contribution >= 4 is 17.6 Å². The molecule has 6 nitrogen and oxygen atoms in total. The molecule has 0 aliphatic carbocycles. The van der Waals surface area contributed by atoms with Gasteiger partial charge in [-0.1, -0.05) is 6.92 Å². The van der Waals surface area contributed by atoms with Crippen molar-refractivity contribution in [2.75, 3.05) is 11.4 Å². The molecular weight excluding hydrogens is 244 g/mol. The Morgan fingerprint density at radius 3 is 3.00 bits per heavy atom. The molecule has 1 N–H and O–H groups in total. The van der Waals surface area contributed by atoms with Crippen LogP contribution in [0.1, 0.15) is 32.4 Å². The molecule has 1 aromatic heterocycles. The molecule has 0 saturated carbocycles. The fourth-order valence-corrected chi connectivity index (χ4v) is 2.11. The minimum Gasteiger partial charge on any atom is -0.352 e. The third-order valence-corrected chi connectivity index (χ3v) is 3.32. The number of amides is 2. The smallest absolute Gasteiger partial charge is 0.240 e. The van der Waals surface area contributed by atoms with Gasteiger partial charge in [-0.15, -0.1) is 0 Å². The van der Waals surface area contributed by atoms with Crippen LogP contribution >= 0.6 is 0 Å². The summed E-state index contributed by atoms with van der Waals surface area (Å²) in [5.74, 6) is 0.565. The van der Waals surface area contributed by atoms with Gasteiger partial charge < -0.3 is 5.32 Å². The molecule has 2 rings (SSSR count). The highest BCUT2D eigenvalue weighted by molar-refractivity contribution is 5.99. The van der Waals surface area contributed by atoms with E-state index in [1.165, 1.54) is 4.90 Å². The van der Waals surface area contributed by atoms with Crippen LogP contribution in [0.25, 0.3) is 0 Å². The van der Waals surface area contributed by atoms with E-state index in [-0.39, 0.29) is 24.4 Å². The number of anilines is 1. The lowest BCUT2D eigenvalue weighted by molar-refractivity contribution is -0.124. The van der Waals surface area contributed by atoms with Crippen molar-refractivity contribution in [2.45, 2.75) is 46.2 Å². The lowest BCUT2D eigenvalue weighted by Gasteiger charge is -2.27. The second-order valence-corrected chi connectivity index (χ2v) is 4.97. The minimum absolute atomic E-state index is 0.0216. The van der Waals surface area contributed by atoms with Gasteiger partial charge in [-0.3, -0.25) is 14.5 Å². The van der Waals surface area contributed by atoms with Crippen LogP contribution in [0.5, 0.6) is 0 Å². The first kappa shape index (κ1) is 13.6. The normalized spacial score (nSPS) is 16.2. The summed E-state index contributed by atoms with van der Waals surface area (Å²) in [5.41, 5.74) is 0.858. The Morgan fingerprint density at radius 1 is 1.58 bits per heavy atom. The first-order chi connectivity index (χ1) is 9.01. The van der Waals surface area contributed by atoms with E-state index in [4.69, 9.17) is 0 Å². The van der Waals surface area contributed by atoms with Crippen molar-refractivity contribution in [3.8, 4) is 0 Å². The summed E-state index contributed by atoms with van der Waals surface area (Å²) in [6.45, 7) is 6.49. The number of carbonyl (C=O) groups is 2. The van der Waals surface area contributed by atoms with Crippen LogP contribution in [-0.4, -0.2) is 34.2 Å². The number of carbonyl (C=O) groups excluding carboxylic acids is 2. The number of fused-ring (bicyclic) bond motifs is 1. The van der Waals surface area contributed by atoms with E-state index >= 15 is 0 Å². The SMILES string of the molecule is CC[C@@H](C)NC(=O)CN1C(=O)CCn2nc(C)cc21. The summed E-state index contributed by atoms with van der Waals surface area (Å²) in [6.07, 6.45) is 1.27. The van der Waals surface area contributed by atoms with Crippen LogP contribution in [0.4, 0.5) is 5.82 Å². The topological polar surface area (TPSA) is 67.2 Å². The zero-order chi connectivity index (χ0) is 14.0. The number of aryl methyl sites for hydroxylation is 2. The van der Waals surface area contributed by atoms with E-state index in [1.54, 1.807) is 4.68 Å². The average Bonchev–Trinajstić information content (AvgIpc) is 2.73. The molecule has 0 aromatic carbocycles. The quantitative estimate of drug-likeness (QED) is 0.876. The molecule has 0 unspecified atom stereocenters. The summed E-state index contributed by atoms with van der Waals surface area (Å²) in [4.78, 5) is 25.4. The molecule has 2 heterocycles. The molecular formula is C13H20N4O2. The van der Waals surface area contributed by atoms with Gasteiger partial charge in [0.1, 0.15) is 12.4 Å². The van der Waals surface area contributed by atoms with Crippen molar-refractivity contribution in [1.29, 1.82) is 0 Å². The summed E-state index contributed by atoms with van der Waals surface area (Å²) >= 11 is 0. The predicted molar refractivity (Wildman–Crippen MR) is 71.8 cm³/mol. The Balaban J connectivity index is 2.11. The molecule has 0 saturated heterocycles. The standard InChI is InChI=1S/C13H20N4O2/c1-4-9(2)14-11(18)8-16-12-7-10(3)15-17(12)6-5-13(16)19/h7,9H,4-6,8H2,1-3H3,(H,14,18)/t9-/m1/s1. The van der Waals surface area contributed by atoms with E-state index < -0.39 is 0 Å². The molecule has 1 aromatic rings. The maximum absolute atomic E-state index is 12.0. The Kier molecular flexibility index (Phi) is 3.87. The third kappa shape index (κ3) is 2.94. The number of hydrogen-bond acceptors (Lipinski definition) is 3. The van der Waals surface area contributed by atoms with Crippen molar-refractivity contribution in [1.82, 2.24) is 15.1 Å². The summed E-state index contributed by atoms with van der Waals surface area (Å²) in [7, 11) is 0. The van der Waals surface area contributed by atoms with Crippen LogP contribution in [-0.2, 0) is 16.1 Å². The Labute approximate surface area is 112 Å². The highest BCUT2D eigenvalue weighted by Gasteiger charge is 2.27. The van der Waals surface area contributed by atoms with E-state index in [2.05, 4.69) is 10.4 Å². The summed E-state index contributed by atoms with van der Waals surface area (Å²) < 4.78 is 1.78. The first-order valence-corrected chi connectivity index (χ1v) is 6.65. The number of nitrogens with one attached hydrogen (secondary N) is 1. The van der Waals surface area contributed by atoms with Gasteiger partial charge in [0.15, 0.2) is 0 Å². The van der Waals surface area contributed by atoms with Crippen LogP contribution in [0.15, 0.2) is 6.07 Å². The molecule has 6 heteroatoms. The molecule has 1 atom stereocenters. The molecule has 0 spiro atoms. The van der Waals surface area contributed by atoms with Crippen molar-refractivity contribution < 1.29 is 9.59 Å². The molecule has 0 radical (unpaired) electrons. The Hall–Kier alpha value is -1.85. The van der Waals surface area contributed by atoms with Gasteiger partial charge in [0.2, 0.25) is 11.8 Å². The van der Waals surface area contributed by atoms with Crippen LogP contribution in [0.3, 0.4) is 0 Å². The maximum atomic E-state index is 12.0. The van der Waals surface area contributed by atoms with Crippen molar-refractivity contribution in [2.24, 2.45) is 0 Å². The molecule has 19 heavy (non-hydrogen) atoms. The second kappa shape index (κ2) is 5.42. The highest BCUT2D eigenvalue weighted by atomic mass is 16.2. The third-order valence-electron chi connectivity index (χ3n) is 3.32. The number of hydrogen-bond donors (Lipinski definition) is 1. The van der Waals surface area contributed by atoms with Gasteiger partial charge in [-0.05, 0) is 20.3 Å². The lowest BCUT2D eigenvalue weighted by atomic mass is 10.2. The second-order valence-electron chi connectivity index (χ2n) is 4.97. The predicted octanol–water partition coefficient (Wildman–Crippen LogP) is 0.843. The van der Waals surface area contributed by atoms with Crippen molar-refractivity contribution in [3.63, 3.8) is 0 Å². The first-order valence-electron chi connectivity index (χ1n) is 6.65. The summed E-state index contributed by atoms with van der Waals surface area (Å²) in [6, 6.07) is 1.96. The van der Waals surface area contributed by atoms with Crippen LogP contribution in [0.2, 0.25) is 0 Å². The van der Waals surface area contributed by atoms with Gasteiger partial charge in [-0.25, -0.2) is 4.68 Å². The van der Waals surface area contributed by atoms with Crippen LogP contribution < -0.4 is 10.2 Å². The van der Waals surface area contributed by atoms with E-state index in [9.17, 15) is 9.59 Å². The minimum atomic E-state index is -0.130. The van der Waals surface area contributed by atoms with Gasteiger partial charge in [-0.2, -0.15) is 5.10 Å². The maximum Gasteiger partial charge on any atom is 0.240 e. The van der Waals surface area contributed by atoms with Gasteiger partial charge in [0.25, 0.3) is 0 Å². The molecule has 1 aliphatic heterocycles. The largest absolute Gasteiger partial charge is 0.352 e. The van der Waals surface area contributed by atoms with Gasteiger partial charge >= 0.3 is 0 Å². The summed E-state index contributed by atoms with van der Waals surface area (Å²) in [5, 5.41) is 7.18. The average molecular weight is 264 g/mol. The van der Waals surface area contributed by atoms with Crippen molar-refractivity contribution in [3.05, 3.63) is 11.8 Å². The Bertz CT molecular complexity index is 495. The van der Waals surface area contributed by atoms with Gasteiger partial charge in [0, 0.05) is 18.5 Å². The van der Waals surface area contributed by atoms with Crippen LogP contribution in [0, 0.1) is 6.92 Å². The molecule has 0 bridgehead atoms. The zero-order valence-electron chi connectivity index (χ0n) is 11.6. The Morgan fingerprint density at radius 2 is 2.32 bits per heavy atom. The van der Waals surface area contributed by atoms with Gasteiger partial charge in [0.05, 0.1) is 12.2 Å². The number of aromatic nitrogens is 2. The monoisotopic (exact) mass is 264 g/mol. The fourth-order valence-electron chi connectivity index (χ4n) is 2.11. The molecule has 0 fully saturated rings. The van der Waals surface area contributed by atoms with E-state index in [1.807, 2.05) is 26.8 Å². The number of nitrogens with zero attached hydrogens (tertiary/aromatic N) is 3.